The number of Topliss-reactive ketones (excluding diaryl/α,β-unsaturated/α-hetero) is 1. The molecule has 0 radical (unpaired) electrons. The number of hydrogen-bond acceptors (Lipinski definition) is 7. The number of aromatic nitrogens is 2. The number of aliphatic hydroxyl groups is 1. The number of thioether (sulfide) groups is 1. The number of hydrogen-bond donors (Lipinski definition) is 1. The first-order valence-electron chi connectivity index (χ1n) is 8.15. The van der Waals surface area contributed by atoms with Gasteiger partial charge in [-0.05, 0) is 43.3 Å². The van der Waals surface area contributed by atoms with Crippen LogP contribution in [0.1, 0.15) is 17.3 Å². The second kappa shape index (κ2) is 9.03. The van der Waals surface area contributed by atoms with Crippen LogP contribution in [0.3, 0.4) is 0 Å². The van der Waals surface area contributed by atoms with Crippen molar-refractivity contribution < 1.29 is 19.1 Å². The molecule has 2 aromatic carbocycles. The Kier molecular flexibility index (Phi) is 6.49. The highest BCUT2D eigenvalue weighted by atomic mass is 35.5. The molecule has 3 aromatic rings. The number of aliphatic hydroxyl groups excluding tert-OH is 1. The monoisotopic (exact) mass is 404 g/mol. The van der Waals surface area contributed by atoms with Crippen LogP contribution >= 0.6 is 23.4 Å². The van der Waals surface area contributed by atoms with E-state index in [9.17, 15) is 9.90 Å². The van der Waals surface area contributed by atoms with Crippen LogP contribution in [-0.4, -0.2) is 39.6 Å². The Labute approximate surface area is 165 Å². The van der Waals surface area contributed by atoms with Crippen LogP contribution in [-0.2, 0) is 0 Å². The minimum absolute atomic E-state index is 0.0376. The summed E-state index contributed by atoms with van der Waals surface area (Å²) in [4.78, 5) is 11.4. The molecule has 0 fully saturated rings. The van der Waals surface area contributed by atoms with Crippen molar-refractivity contribution in [1.82, 2.24) is 10.2 Å². The zero-order valence-electron chi connectivity index (χ0n) is 14.5. The lowest BCUT2D eigenvalue weighted by molar-refractivity contribution is 0.101. The van der Waals surface area contributed by atoms with Crippen molar-refractivity contribution >= 4 is 29.1 Å². The van der Waals surface area contributed by atoms with Gasteiger partial charge in [0, 0.05) is 21.9 Å². The van der Waals surface area contributed by atoms with Gasteiger partial charge in [0.1, 0.15) is 12.4 Å². The molecule has 0 unspecified atom stereocenters. The van der Waals surface area contributed by atoms with Gasteiger partial charge in [-0.2, -0.15) is 0 Å². The van der Waals surface area contributed by atoms with Crippen LogP contribution < -0.4 is 4.74 Å². The van der Waals surface area contributed by atoms with Crippen LogP contribution in [0.15, 0.2) is 58.2 Å². The maximum Gasteiger partial charge on any atom is 0.276 e. The fraction of sp³-hybridized carbons (Fsp3) is 0.211. The van der Waals surface area contributed by atoms with Crippen LogP contribution in [0.2, 0.25) is 5.02 Å². The van der Waals surface area contributed by atoms with Gasteiger partial charge >= 0.3 is 0 Å². The van der Waals surface area contributed by atoms with Gasteiger partial charge in [-0.15, -0.1) is 10.2 Å². The molecular formula is C19H17ClN2O4S. The van der Waals surface area contributed by atoms with E-state index < -0.39 is 6.10 Å². The first-order chi connectivity index (χ1) is 13.0. The predicted molar refractivity (Wildman–Crippen MR) is 103 cm³/mol. The van der Waals surface area contributed by atoms with E-state index in [1.54, 1.807) is 48.5 Å². The molecule has 0 saturated carbocycles. The summed E-state index contributed by atoms with van der Waals surface area (Å²) < 4.78 is 11.1. The number of rotatable bonds is 8. The van der Waals surface area contributed by atoms with Gasteiger partial charge in [-0.1, -0.05) is 35.5 Å². The van der Waals surface area contributed by atoms with Crippen LogP contribution in [0.25, 0.3) is 11.5 Å². The van der Waals surface area contributed by atoms with Gasteiger partial charge in [0.2, 0.25) is 5.89 Å². The van der Waals surface area contributed by atoms with Crippen LogP contribution in [0, 0.1) is 0 Å². The fourth-order valence-corrected chi connectivity index (χ4v) is 2.98. The molecule has 1 atom stereocenters. The number of carbonyl (C=O) groups is 1. The van der Waals surface area contributed by atoms with Crippen molar-refractivity contribution in [2.45, 2.75) is 18.3 Å². The Morgan fingerprint density at radius 2 is 2.04 bits per heavy atom. The van der Waals surface area contributed by atoms with Crippen molar-refractivity contribution in [1.29, 1.82) is 0 Å². The molecule has 0 aliphatic rings. The largest absolute Gasteiger partial charge is 0.491 e. The highest BCUT2D eigenvalue weighted by molar-refractivity contribution is 7.99. The van der Waals surface area contributed by atoms with Crippen molar-refractivity contribution in [2.75, 3.05) is 12.4 Å². The average Bonchev–Trinajstić information content (AvgIpc) is 3.14. The summed E-state index contributed by atoms with van der Waals surface area (Å²) in [5, 5.41) is 19.0. The predicted octanol–water partition coefficient (Wildman–Crippen LogP) is 4.12. The molecule has 0 spiro atoms. The third-order valence-corrected chi connectivity index (χ3v) is 4.80. The Balaban J connectivity index is 1.49. The standard InChI is InChI=1S/C19H17ClN2O4S/c1-12(23)14-3-2-4-17(9-14)25-10-16(24)11-27-19-22-21-18(26-19)13-5-7-15(20)8-6-13/h2-9,16,24H,10-11H2,1H3/t16-/m0/s1. The average molecular weight is 405 g/mol. The minimum atomic E-state index is -0.734. The van der Waals surface area contributed by atoms with E-state index in [1.165, 1.54) is 18.7 Å². The van der Waals surface area contributed by atoms with E-state index in [1.807, 2.05) is 0 Å². The van der Waals surface area contributed by atoms with Gasteiger partial charge < -0.3 is 14.3 Å². The van der Waals surface area contributed by atoms with Crippen LogP contribution in [0.4, 0.5) is 0 Å². The number of nitrogens with zero attached hydrogens (tertiary/aromatic N) is 2. The summed E-state index contributed by atoms with van der Waals surface area (Å²) in [7, 11) is 0. The molecule has 140 valence electrons. The van der Waals surface area contributed by atoms with Gasteiger partial charge in [0.05, 0.1) is 6.10 Å². The van der Waals surface area contributed by atoms with Gasteiger partial charge in [0.15, 0.2) is 5.78 Å². The highest BCUT2D eigenvalue weighted by Gasteiger charge is 2.13. The molecule has 1 heterocycles. The lowest BCUT2D eigenvalue weighted by atomic mass is 10.1. The Bertz CT molecular complexity index is 914. The molecule has 1 N–H and O–H groups in total. The quantitative estimate of drug-likeness (QED) is 0.446. The molecule has 0 saturated heterocycles. The first kappa shape index (κ1) is 19.4. The lowest BCUT2D eigenvalue weighted by Crippen LogP contribution is -2.20. The molecule has 1 aromatic heterocycles. The summed E-state index contributed by atoms with van der Waals surface area (Å²) in [5.41, 5.74) is 1.34. The highest BCUT2D eigenvalue weighted by Crippen LogP contribution is 2.25. The number of ketones is 1. The van der Waals surface area contributed by atoms with E-state index in [0.29, 0.717) is 33.2 Å². The van der Waals surface area contributed by atoms with Crippen molar-refractivity contribution in [2.24, 2.45) is 0 Å². The van der Waals surface area contributed by atoms with Crippen molar-refractivity contribution in [3.05, 3.63) is 59.1 Å². The second-order valence-electron chi connectivity index (χ2n) is 5.74. The molecular weight excluding hydrogens is 388 g/mol. The number of halogens is 1. The summed E-state index contributed by atoms with van der Waals surface area (Å²) in [6.07, 6.45) is -0.734. The van der Waals surface area contributed by atoms with Gasteiger partial charge in [-0.3, -0.25) is 4.79 Å². The van der Waals surface area contributed by atoms with E-state index in [-0.39, 0.29) is 12.4 Å². The molecule has 0 aliphatic heterocycles. The molecule has 0 aliphatic carbocycles. The SMILES string of the molecule is CC(=O)c1cccc(OC[C@H](O)CSc2nnc(-c3ccc(Cl)cc3)o2)c1. The smallest absolute Gasteiger partial charge is 0.276 e. The van der Waals surface area contributed by atoms with Crippen LogP contribution in [0.5, 0.6) is 5.75 Å². The number of benzene rings is 2. The van der Waals surface area contributed by atoms with Crippen molar-refractivity contribution in [3.8, 4) is 17.2 Å². The summed E-state index contributed by atoms with van der Waals surface area (Å²) >= 11 is 7.10. The van der Waals surface area contributed by atoms with Crippen molar-refractivity contribution in [3.63, 3.8) is 0 Å². The molecule has 8 heteroatoms. The van der Waals surface area contributed by atoms with Gasteiger partial charge in [0.25, 0.3) is 5.22 Å². The zero-order valence-corrected chi connectivity index (χ0v) is 16.0. The van der Waals surface area contributed by atoms with E-state index in [4.69, 9.17) is 20.8 Å². The summed E-state index contributed by atoms with van der Waals surface area (Å²) in [5.74, 6) is 1.22. The third kappa shape index (κ3) is 5.56. The molecule has 27 heavy (non-hydrogen) atoms. The second-order valence-corrected chi connectivity index (χ2v) is 7.15. The third-order valence-electron chi connectivity index (χ3n) is 3.58. The first-order valence-corrected chi connectivity index (χ1v) is 9.52. The topological polar surface area (TPSA) is 85.5 Å². The zero-order chi connectivity index (χ0) is 19.2. The molecule has 0 bridgehead atoms. The summed E-state index contributed by atoms with van der Waals surface area (Å²) in [6.45, 7) is 1.58. The lowest BCUT2D eigenvalue weighted by Gasteiger charge is -2.11. The molecule has 3 rings (SSSR count). The molecule has 0 amide bonds. The minimum Gasteiger partial charge on any atom is -0.491 e. The summed E-state index contributed by atoms with van der Waals surface area (Å²) in [6, 6.07) is 13.9. The Hall–Kier alpha value is -2.35. The van der Waals surface area contributed by atoms with E-state index in [0.717, 1.165) is 5.56 Å². The van der Waals surface area contributed by atoms with E-state index in [2.05, 4.69) is 10.2 Å². The number of carbonyl (C=O) groups excluding carboxylic acids is 1. The van der Waals surface area contributed by atoms with E-state index >= 15 is 0 Å². The Morgan fingerprint density at radius 3 is 2.78 bits per heavy atom. The Morgan fingerprint density at radius 1 is 1.26 bits per heavy atom. The maximum atomic E-state index is 11.4. The maximum absolute atomic E-state index is 11.4. The van der Waals surface area contributed by atoms with Gasteiger partial charge in [-0.25, -0.2) is 0 Å². The fourth-order valence-electron chi connectivity index (χ4n) is 2.19. The number of ether oxygens (including phenoxy) is 1. The molecule has 6 nitrogen and oxygen atoms in total. The normalized spacial score (nSPS) is 12.0.